The number of esters is 1. The fraction of sp³-hybridized carbons (Fsp3) is 0.200. The standard InChI is InChI=1S/C25H24O4/c1-25(2,3)29-24(27)21-11-9-20(10-12-21)22-13-19(16-26)14-23(15-22)28-17-18-7-5-4-6-8-18/h4-16H,17H2,1-3H3. The van der Waals surface area contributed by atoms with E-state index in [2.05, 4.69) is 0 Å². The predicted molar refractivity (Wildman–Crippen MR) is 113 cm³/mol. The lowest BCUT2D eigenvalue weighted by Gasteiger charge is -2.19. The van der Waals surface area contributed by atoms with Crippen molar-refractivity contribution in [1.82, 2.24) is 0 Å². The van der Waals surface area contributed by atoms with E-state index in [0.29, 0.717) is 23.5 Å². The fourth-order valence-electron chi connectivity index (χ4n) is 2.82. The van der Waals surface area contributed by atoms with Crippen LogP contribution in [-0.2, 0) is 11.3 Å². The SMILES string of the molecule is CC(C)(C)OC(=O)c1ccc(-c2cc(C=O)cc(OCc3ccccc3)c2)cc1. The normalized spacial score (nSPS) is 11.0. The zero-order chi connectivity index (χ0) is 20.9. The van der Waals surface area contributed by atoms with E-state index in [-0.39, 0.29) is 5.97 Å². The Balaban J connectivity index is 1.80. The molecule has 4 heteroatoms. The minimum atomic E-state index is -0.543. The second kappa shape index (κ2) is 8.74. The van der Waals surface area contributed by atoms with Crippen LogP contribution in [0.1, 0.15) is 47.1 Å². The van der Waals surface area contributed by atoms with E-state index < -0.39 is 5.60 Å². The first kappa shape index (κ1) is 20.3. The van der Waals surface area contributed by atoms with Crippen molar-refractivity contribution in [3.05, 3.63) is 89.5 Å². The highest BCUT2D eigenvalue weighted by molar-refractivity contribution is 5.90. The van der Waals surface area contributed by atoms with Gasteiger partial charge in [0.05, 0.1) is 5.56 Å². The second-order valence-corrected chi connectivity index (χ2v) is 7.76. The van der Waals surface area contributed by atoms with Crippen LogP contribution in [0.4, 0.5) is 0 Å². The molecule has 3 aromatic rings. The van der Waals surface area contributed by atoms with Gasteiger partial charge in [-0.3, -0.25) is 4.79 Å². The van der Waals surface area contributed by atoms with Gasteiger partial charge in [0.1, 0.15) is 24.2 Å². The molecule has 0 radical (unpaired) electrons. The minimum Gasteiger partial charge on any atom is -0.489 e. The van der Waals surface area contributed by atoms with Crippen molar-refractivity contribution in [1.29, 1.82) is 0 Å². The topological polar surface area (TPSA) is 52.6 Å². The van der Waals surface area contributed by atoms with E-state index in [9.17, 15) is 9.59 Å². The van der Waals surface area contributed by atoms with Crippen molar-refractivity contribution < 1.29 is 19.1 Å². The van der Waals surface area contributed by atoms with Crippen molar-refractivity contribution in [2.24, 2.45) is 0 Å². The van der Waals surface area contributed by atoms with Crippen LogP contribution in [0.3, 0.4) is 0 Å². The largest absolute Gasteiger partial charge is 0.489 e. The molecule has 0 aromatic heterocycles. The Morgan fingerprint density at radius 1 is 0.897 bits per heavy atom. The molecule has 0 aliphatic carbocycles. The molecule has 0 saturated heterocycles. The monoisotopic (exact) mass is 388 g/mol. The van der Waals surface area contributed by atoms with Crippen LogP contribution >= 0.6 is 0 Å². The number of hydrogen-bond acceptors (Lipinski definition) is 4. The highest BCUT2D eigenvalue weighted by Crippen LogP contribution is 2.27. The molecule has 148 valence electrons. The van der Waals surface area contributed by atoms with Gasteiger partial charge in [-0.25, -0.2) is 4.79 Å². The van der Waals surface area contributed by atoms with Gasteiger partial charge in [0, 0.05) is 5.56 Å². The molecule has 3 aromatic carbocycles. The van der Waals surface area contributed by atoms with Gasteiger partial charge in [0.2, 0.25) is 0 Å². The van der Waals surface area contributed by atoms with Crippen LogP contribution in [0.25, 0.3) is 11.1 Å². The lowest BCUT2D eigenvalue weighted by atomic mass is 10.0. The molecule has 0 aliphatic rings. The summed E-state index contributed by atoms with van der Waals surface area (Å²) in [5.41, 5.74) is 3.24. The molecular weight excluding hydrogens is 364 g/mol. The summed E-state index contributed by atoms with van der Waals surface area (Å²) in [6.07, 6.45) is 0.800. The molecular formula is C25H24O4. The van der Waals surface area contributed by atoms with Crippen LogP contribution < -0.4 is 4.74 Å². The summed E-state index contributed by atoms with van der Waals surface area (Å²) < 4.78 is 11.3. The van der Waals surface area contributed by atoms with Crippen molar-refractivity contribution >= 4 is 12.3 Å². The number of rotatable bonds is 6. The number of benzene rings is 3. The maximum Gasteiger partial charge on any atom is 0.338 e. The van der Waals surface area contributed by atoms with Crippen molar-refractivity contribution in [2.75, 3.05) is 0 Å². The van der Waals surface area contributed by atoms with Gasteiger partial charge in [-0.1, -0.05) is 42.5 Å². The first-order chi connectivity index (χ1) is 13.8. The van der Waals surface area contributed by atoms with E-state index in [1.54, 1.807) is 24.3 Å². The summed E-state index contributed by atoms with van der Waals surface area (Å²) in [7, 11) is 0. The van der Waals surface area contributed by atoms with Gasteiger partial charge in [0.15, 0.2) is 0 Å². The summed E-state index contributed by atoms with van der Waals surface area (Å²) in [5, 5.41) is 0. The number of hydrogen-bond donors (Lipinski definition) is 0. The van der Waals surface area contributed by atoms with E-state index in [1.165, 1.54) is 0 Å². The summed E-state index contributed by atoms with van der Waals surface area (Å²) in [5.74, 6) is 0.252. The van der Waals surface area contributed by atoms with Gasteiger partial charge < -0.3 is 9.47 Å². The predicted octanol–water partition coefficient (Wildman–Crippen LogP) is 5.70. The van der Waals surface area contributed by atoms with Crippen LogP contribution in [0.2, 0.25) is 0 Å². The van der Waals surface area contributed by atoms with Crippen molar-refractivity contribution in [3.63, 3.8) is 0 Å². The first-order valence-corrected chi connectivity index (χ1v) is 9.45. The maximum atomic E-state index is 12.2. The third-order valence-corrected chi connectivity index (χ3v) is 4.17. The molecule has 0 atom stereocenters. The number of carbonyl (C=O) groups excluding carboxylic acids is 2. The molecule has 3 rings (SSSR count). The molecule has 29 heavy (non-hydrogen) atoms. The smallest absolute Gasteiger partial charge is 0.338 e. The highest BCUT2D eigenvalue weighted by atomic mass is 16.6. The minimum absolute atomic E-state index is 0.363. The van der Waals surface area contributed by atoms with Crippen LogP contribution in [0, 0.1) is 0 Å². The Hall–Kier alpha value is -3.40. The number of ether oxygens (including phenoxy) is 2. The third-order valence-electron chi connectivity index (χ3n) is 4.17. The number of carbonyl (C=O) groups is 2. The summed E-state index contributed by atoms with van der Waals surface area (Å²) in [6, 6.07) is 22.4. The van der Waals surface area contributed by atoms with Gasteiger partial charge in [-0.2, -0.15) is 0 Å². The van der Waals surface area contributed by atoms with E-state index >= 15 is 0 Å². The Bertz CT molecular complexity index is 984. The molecule has 0 saturated carbocycles. The molecule has 0 unspecified atom stereocenters. The van der Waals surface area contributed by atoms with Crippen molar-refractivity contribution in [2.45, 2.75) is 33.0 Å². The van der Waals surface area contributed by atoms with Crippen LogP contribution in [0.15, 0.2) is 72.8 Å². The molecule has 0 amide bonds. The lowest BCUT2D eigenvalue weighted by Crippen LogP contribution is -2.23. The first-order valence-electron chi connectivity index (χ1n) is 9.45. The van der Waals surface area contributed by atoms with Gasteiger partial charge in [0.25, 0.3) is 0 Å². The molecule has 0 bridgehead atoms. The Morgan fingerprint density at radius 2 is 1.59 bits per heavy atom. The number of aldehydes is 1. The average Bonchev–Trinajstić information content (AvgIpc) is 2.71. The van der Waals surface area contributed by atoms with Gasteiger partial charge >= 0.3 is 5.97 Å². The maximum absolute atomic E-state index is 12.2. The molecule has 0 spiro atoms. The van der Waals surface area contributed by atoms with Gasteiger partial charge in [-0.05, 0) is 67.8 Å². The molecule has 0 heterocycles. The van der Waals surface area contributed by atoms with Crippen LogP contribution in [-0.4, -0.2) is 17.9 Å². The quantitative estimate of drug-likeness (QED) is 0.401. The summed E-state index contributed by atoms with van der Waals surface area (Å²) in [4.78, 5) is 23.6. The zero-order valence-corrected chi connectivity index (χ0v) is 16.8. The Kier molecular flexibility index (Phi) is 6.13. The highest BCUT2D eigenvalue weighted by Gasteiger charge is 2.17. The zero-order valence-electron chi connectivity index (χ0n) is 16.8. The second-order valence-electron chi connectivity index (χ2n) is 7.76. The van der Waals surface area contributed by atoms with E-state index in [1.807, 2.05) is 69.3 Å². The van der Waals surface area contributed by atoms with Crippen LogP contribution in [0.5, 0.6) is 5.75 Å². The van der Waals surface area contributed by atoms with E-state index in [0.717, 1.165) is 23.0 Å². The molecule has 4 nitrogen and oxygen atoms in total. The summed E-state index contributed by atoms with van der Waals surface area (Å²) in [6.45, 7) is 5.92. The molecule has 0 fully saturated rings. The fourth-order valence-corrected chi connectivity index (χ4v) is 2.82. The molecule has 0 aliphatic heterocycles. The van der Waals surface area contributed by atoms with Gasteiger partial charge in [-0.15, -0.1) is 0 Å². The lowest BCUT2D eigenvalue weighted by molar-refractivity contribution is 0.00695. The third kappa shape index (κ3) is 5.79. The average molecular weight is 388 g/mol. The van der Waals surface area contributed by atoms with Crippen molar-refractivity contribution in [3.8, 4) is 16.9 Å². The Morgan fingerprint density at radius 3 is 2.21 bits per heavy atom. The summed E-state index contributed by atoms with van der Waals surface area (Å²) >= 11 is 0. The molecule has 0 N–H and O–H groups in total. The Labute approximate surface area is 171 Å². The van der Waals surface area contributed by atoms with E-state index in [4.69, 9.17) is 9.47 Å².